The lowest BCUT2D eigenvalue weighted by atomic mass is 10.1. The Morgan fingerprint density at radius 2 is 2.00 bits per heavy atom. The molecule has 17 heavy (non-hydrogen) atoms. The van der Waals surface area contributed by atoms with Crippen molar-refractivity contribution in [1.29, 1.82) is 0 Å². The van der Waals surface area contributed by atoms with Crippen molar-refractivity contribution in [2.45, 2.75) is 32.9 Å². The molecule has 0 aliphatic heterocycles. The van der Waals surface area contributed by atoms with Crippen LogP contribution in [0.15, 0.2) is 18.2 Å². The van der Waals surface area contributed by atoms with Crippen LogP contribution in [0.3, 0.4) is 0 Å². The van der Waals surface area contributed by atoms with Gasteiger partial charge in [-0.1, -0.05) is 0 Å². The number of alkyl carbamates (subject to hydrolysis) is 1. The van der Waals surface area contributed by atoms with E-state index < -0.39 is 23.3 Å². The second kappa shape index (κ2) is 5.12. The SMILES string of the molecule is CC(C)(C)NC(=O)OCc1ccc(F)cc1F. The van der Waals surface area contributed by atoms with Gasteiger partial charge in [-0.25, -0.2) is 13.6 Å². The lowest BCUT2D eigenvalue weighted by Crippen LogP contribution is -2.40. The molecule has 5 heteroatoms. The van der Waals surface area contributed by atoms with Crippen LogP contribution in [0.5, 0.6) is 0 Å². The molecule has 0 spiro atoms. The van der Waals surface area contributed by atoms with Crippen LogP contribution in [0.2, 0.25) is 0 Å². The Kier molecular flexibility index (Phi) is 4.04. The summed E-state index contributed by atoms with van der Waals surface area (Å²) in [7, 11) is 0. The van der Waals surface area contributed by atoms with Gasteiger partial charge in [-0.2, -0.15) is 0 Å². The molecular weight excluding hydrogens is 228 g/mol. The smallest absolute Gasteiger partial charge is 0.407 e. The molecule has 1 amide bonds. The quantitative estimate of drug-likeness (QED) is 0.867. The summed E-state index contributed by atoms with van der Waals surface area (Å²) in [6.07, 6.45) is -0.638. The van der Waals surface area contributed by atoms with Gasteiger partial charge in [-0.05, 0) is 32.9 Å². The molecule has 0 aromatic heterocycles. The normalized spacial score (nSPS) is 11.1. The average Bonchev–Trinajstić information content (AvgIpc) is 2.13. The molecule has 1 aromatic carbocycles. The van der Waals surface area contributed by atoms with E-state index in [1.54, 1.807) is 20.8 Å². The fourth-order valence-corrected chi connectivity index (χ4v) is 1.12. The number of hydrogen-bond donors (Lipinski definition) is 1. The first-order valence-corrected chi connectivity index (χ1v) is 5.17. The van der Waals surface area contributed by atoms with Crippen LogP contribution >= 0.6 is 0 Å². The molecule has 0 aliphatic carbocycles. The first-order valence-electron chi connectivity index (χ1n) is 5.17. The van der Waals surface area contributed by atoms with E-state index >= 15 is 0 Å². The van der Waals surface area contributed by atoms with Crippen molar-refractivity contribution < 1.29 is 18.3 Å². The molecule has 0 unspecified atom stereocenters. The van der Waals surface area contributed by atoms with Crippen molar-refractivity contribution in [2.75, 3.05) is 0 Å². The maximum Gasteiger partial charge on any atom is 0.407 e. The van der Waals surface area contributed by atoms with Gasteiger partial charge in [0.25, 0.3) is 0 Å². The van der Waals surface area contributed by atoms with Gasteiger partial charge in [-0.15, -0.1) is 0 Å². The number of hydrogen-bond acceptors (Lipinski definition) is 2. The number of benzene rings is 1. The molecule has 94 valence electrons. The third-order valence-corrected chi connectivity index (χ3v) is 1.85. The Labute approximate surface area is 98.8 Å². The molecule has 1 rings (SSSR count). The van der Waals surface area contributed by atoms with Gasteiger partial charge in [0.1, 0.15) is 18.2 Å². The van der Waals surface area contributed by atoms with Gasteiger partial charge in [0.05, 0.1) is 0 Å². The van der Waals surface area contributed by atoms with E-state index in [1.165, 1.54) is 6.07 Å². The second-order valence-electron chi connectivity index (χ2n) is 4.69. The van der Waals surface area contributed by atoms with Crippen LogP contribution < -0.4 is 5.32 Å². The van der Waals surface area contributed by atoms with Crippen molar-refractivity contribution in [1.82, 2.24) is 5.32 Å². The molecule has 0 heterocycles. The summed E-state index contributed by atoms with van der Waals surface area (Å²) in [5.41, 5.74) is -0.284. The minimum absolute atomic E-state index is 0.135. The van der Waals surface area contributed by atoms with Gasteiger partial charge < -0.3 is 10.1 Å². The number of ether oxygens (including phenoxy) is 1. The maximum absolute atomic E-state index is 13.2. The van der Waals surface area contributed by atoms with Crippen LogP contribution in [0.25, 0.3) is 0 Å². The van der Waals surface area contributed by atoms with E-state index in [0.717, 1.165) is 12.1 Å². The minimum atomic E-state index is -0.728. The van der Waals surface area contributed by atoms with E-state index in [-0.39, 0.29) is 12.2 Å². The van der Waals surface area contributed by atoms with Gasteiger partial charge in [0, 0.05) is 17.2 Å². The summed E-state index contributed by atoms with van der Waals surface area (Å²) in [4.78, 5) is 11.3. The van der Waals surface area contributed by atoms with Gasteiger partial charge >= 0.3 is 6.09 Å². The van der Waals surface area contributed by atoms with Crippen molar-refractivity contribution >= 4 is 6.09 Å². The van der Waals surface area contributed by atoms with Crippen LogP contribution in [0.1, 0.15) is 26.3 Å². The Morgan fingerprint density at radius 3 is 2.53 bits per heavy atom. The number of carbonyl (C=O) groups is 1. The molecule has 0 fully saturated rings. The molecule has 0 aliphatic rings. The number of rotatable bonds is 2. The monoisotopic (exact) mass is 243 g/mol. The van der Waals surface area contributed by atoms with Gasteiger partial charge in [0.2, 0.25) is 0 Å². The highest BCUT2D eigenvalue weighted by molar-refractivity contribution is 5.68. The predicted octanol–water partition coefficient (Wildman–Crippen LogP) is 2.99. The largest absolute Gasteiger partial charge is 0.445 e. The number of halogens is 2. The molecular formula is C12H15F2NO2. The minimum Gasteiger partial charge on any atom is -0.445 e. The molecule has 0 saturated heterocycles. The van der Waals surface area contributed by atoms with Gasteiger partial charge in [0.15, 0.2) is 0 Å². The van der Waals surface area contributed by atoms with E-state index in [1.807, 2.05) is 0 Å². The van der Waals surface area contributed by atoms with Crippen LogP contribution in [0, 0.1) is 11.6 Å². The Hall–Kier alpha value is -1.65. The first-order chi connectivity index (χ1) is 7.78. The fourth-order valence-electron chi connectivity index (χ4n) is 1.12. The van der Waals surface area contributed by atoms with Crippen molar-refractivity contribution in [3.05, 3.63) is 35.4 Å². The van der Waals surface area contributed by atoms with Gasteiger partial charge in [-0.3, -0.25) is 0 Å². The van der Waals surface area contributed by atoms with E-state index in [4.69, 9.17) is 4.74 Å². The third kappa shape index (κ3) is 4.80. The average molecular weight is 243 g/mol. The number of carbonyl (C=O) groups excluding carboxylic acids is 1. The topological polar surface area (TPSA) is 38.3 Å². The number of nitrogens with one attached hydrogen (secondary N) is 1. The zero-order chi connectivity index (χ0) is 13.1. The zero-order valence-electron chi connectivity index (χ0n) is 10.0. The summed E-state index contributed by atoms with van der Waals surface area (Å²) in [5.74, 6) is -1.39. The Balaban J connectivity index is 2.53. The molecule has 0 radical (unpaired) electrons. The second-order valence-corrected chi connectivity index (χ2v) is 4.69. The third-order valence-electron chi connectivity index (χ3n) is 1.85. The molecule has 3 nitrogen and oxygen atoms in total. The van der Waals surface area contributed by atoms with Crippen LogP contribution in [-0.2, 0) is 11.3 Å². The molecule has 1 aromatic rings. The Morgan fingerprint density at radius 1 is 1.35 bits per heavy atom. The molecule has 0 saturated carbocycles. The van der Waals surface area contributed by atoms with E-state index in [9.17, 15) is 13.6 Å². The summed E-state index contributed by atoms with van der Waals surface area (Å²) in [6, 6.07) is 3.11. The molecule has 1 N–H and O–H groups in total. The summed E-state index contributed by atoms with van der Waals surface area (Å²) >= 11 is 0. The summed E-state index contributed by atoms with van der Waals surface area (Å²) in [5, 5.41) is 2.56. The van der Waals surface area contributed by atoms with Crippen molar-refractivity contribution in [3.8, 4) is 0 Å². The highest BCUT2D eigenvalue weighted by Gasteiger charge is 2.15. The maximum atomic E-state index is 13.2. The Bertz CT molecular complexity index is 413. The standard InChI is InChI=1S/C12H15F2NO2/c1-12(2,3)15-11(16)17-7-8-4-5-9(13)6-10(8)14/h4-6H,7H2,1-3H3,(H,15,16). The van der Waals surface area contributed by atoms with Crippen LogP contribution in [-0.4, -0.2) is 11.6 Å². The lowest BCUT2D eigenvalue weighted by Gasteiger charge is -2.19. The van der Waals surface area contributed by atoms with Crippen LogP contribution in [0.4, 0.5) is 13.6 Å². The highest BCUT2D eigenvalue weighted by atomic mass is 19.1. The first kappa shape index (κ1) is 13.4. The summed E-state index contributed by atoms with van der Waals surface area (Å²) < 4.78 is 30.6. The lowest BCUT2D eigenvalue weighted by molar-refractivity contribution is 0.130. The zero-order valence-corrected chi connectivity index (χ0v) is 10.0. The predicted molar refractivity (Wildman–Crippen MR) is 59.4 cm³/mol. The van der Waals surface area contributed by atoms with E-state index in [0.29, 0.717) is 0 Å². The highest BCUT2D eigenvalue weighted by Crippen LogP contribution is 2.11. The molecule has 0 bridgehead atoms. The fraction of sp³-hybridized carbons (Fsp3) is 0.417. The summed E-state index contributed by atoms with van der Waals surface area (Å²) in [6.45, 7) is 5.17. The van der Waals surface area contributed by atoms with E-state index in [2.05, 4.69) is 5.32 Å². The number of amides is 1. The van der Waals surface area contributed by atoms with Crippen molar-refractivity contribution in [2.24, 2.45) is 0 Å². The van der Waals surface area contributed by atoms with Crippen molar-refractivity contribution in [3.63, 3.8) is 0 Å². The molecule has 0 atom stereocenters.